The Morgan fingerprint density at radius 3 is 2.78 bits per heavy atom. The maximum absolute atomic E-state index is 8.66. The van der Waals surface area contributed by atoms with E-state index in [-0.39, 0.29) is 0 Å². The van der Waals surface area contributed by atoms with Gasteiger partial charge in [-0.1, -0.05) is 0 Å². The van der Waals surface area contributed by atoms with Crippen LogP contribution in [0.25, 0.3) is 0 Å². The van der Waals surface area contributed by atoms with E-state index in [2.05, 4.69) is 21.6 Å². The van der Waals surface area contributed by atoms with E-state index in [4.69, 9.17) is 5.11 Å². The number of aliphatic hydroxyl groups is 1. The zero-order valence-corrected chi connectivity index (χ0v) is 5.55. The maximum Gasteiger partial charge on any atom is 0.251 e. The molecule has 0 aliphatic rings. The lowest BCUT2D eigenvalue weighted by Crippen LogP contribution is -2.08. The van der Waals surface area contributed by atoms with Crippen molar-refractivity contribution < 1.29 is 14.9 Å². The summed E-state index contributed by atoms with van der Waals surface area (Å²) in [5, 5.41) is 8.66. The van der Waals surface area contributed by atoms with Gasteiger partial charge in [0.15, 0.2) is 0 Å². The maximum atomic E-state index is 8.66. The van der Waals surface area contributed by atoms with Crippen molar-refractivity contribution >= 4 is 0 Å². The highest BCUT2D eigenvalue weighted by atomic mass is 17.2. The van der Waals surface area contributed by atoms with E-state index in [1.165, 1.54) is 0 Å². The van der Waals surface area contributed by atoms with Gasteiger partial charge in [0.2, 0.25) is 0 Å². The number of aliphatic hydroxyl groups excluding tert-OH is 1. The van der Waals surface area contributed by atoms with Crippen molar-refractivity contribution in [2.45, 2.75) is 20.1 Å². The molecule has 0 aromatic rings. The molecule has 0 saturated heterocycles. The molecule has 0 fully saturated rings. The smallest absolute Gasteiger partial charge is 0.251 e. The van der Waals surface area contributed by atoms with Gasteiger partial charge in [-0.05, 0) is 19.8 Å². The Morgan fingerprint density at radius 2 is 2.33 bits per heavy atom. The monoisotopic (exact) mass is 130 g/mol. The lowest BCUT2D eigenvalue weighted by Gasteiger charge is -2.00. The third-order valence-electron chi connectivity index (χ3n) is 0.545. The lowest BCUT2D eigenvalue weighted by molar-refractivity contribution is -0.350. The third-order valence-corrected chi connectivity index (χ3v) is 0.545. The molecular weight excluding hydrogens is 120 g/mol. The van der Waals surface area contributed by atoms with Crippen molar-refractivity contribution in [2.75, 3.05) is 6.61 Å². The van der Waals surface area contributed by atoms with Crippen LogP contribution in [-0.2, 0) is 9.78 Å². The first-order chi connectivity index (χ1) is 4.31. The Labute approximate surface area is 54.5 Å². The second-order valence-corrected chi connectivity index (χ2v) is 1.25. The average Bonchev–Trinajstić information content (AvgIpc) is 1.85. The van der Waals surface area contributed by atoms with Gasteiger partial charge in [0.25, 0.3) is 6.29 Å². The summed E-state index contributed by atoms with van der Waals surface area (Å²) in [5.74, 6) is 4.81. The van der Waals surface area contributed by atoms with Gasteiger partial charge in [0.1, 0.15) is 0 Å². The lowest BCUT2D eigenvalue weighted by atomic mass is 10.6. The minimum absolute atomic E-state index is 0.405. The fourth-order valence-electron chi connectivity index (χ4n) is 0.280. The molecule has 0 aliphatic carbocycles. The molecule has 3 heteroatoms. The SMILES string of the molecule is CC#CC(O)OOCC. The topological polar surface area (TPSA) is 38.7 Å². The summed E-state index contributed by atoms with van der Waals surface area (Å²) < 4.78 is 0. The normalized spacial score (nSPS) is 11.9. The molecule has 0 radical (unpaired) electrons. The number of rotatable bonds is 3. The standard InChI is InChI=1S/C6H10O3/c1-3-5-6(7)9-8-4-2/h6-7H,4H2,1-2H3. The Balaban J connectivity index is 3.23. The van der Waals surface area contributed by atoms with Crippen molar-refractivity contribution in [1.29, 1.82) is 0 Å². The van der Waals surface area contributed by atoms with E-state index >= 15 is 0 Å². The number of hydrogen-bond donors (Lipinski definition) is 1. The van der Waals surface area contributed by atoms with Crippen LogP contribution in [0.3, 0.4) is 0 Å². The van der Waals surface area contributed by atoms with E-state index in [1.54, 1.807) is 13.8 Å². The van der Waals surface area contributed by atoms with Gasteiger partial charge < -0.3 is 5.11 Å². The van der Waals surface area contributed by atoms with Gasteiger partial charge in [-0.25, -0.2) is 4.89 Å². The fraction of sp³-hybridized carbons (Fsp3) is 0.667. The summed E-state index contributed by atoms with van der Waals surface area (Å²) in [6.45, 7) is 3.77. The fourth-order valence-corrected chi connectivity index (χ4v) is 0.280. The summed E-state index contributed by atoms with van der Waals surface area (Å²) in [6, 6.07) is 0. The molecule has 0 saturated carbocycles. The minimum Gasteiger partial charge on any atom is -0.356 e. The molecule has 0 aromatic carbocycles. The molecule has 9 heavy (non-hydrogen) atoms. The van der Waals surface area contributed by atoms with Crippen molar-refractivity contribution in [3.05, 3.63) is 0 Å². The molecule has 0 aromatic heterocycles. The highest BCUT2D eigenvalue weighted by Crippen LogP contribution is 1.84. The average molecular weight is 130 g/mol. The van der Waals surface area contributed by atoms with Crippen molar-refractivity contribution in [3.63, 3.8) is 0 Å². The number of hydrogen-bond acceptors (Lipinski definition) is 3. The Bertz CT molecular complexity index is 111. The summed E-state index contributed by atoms with van der Waals surface area (Å²) >= 11 is 0. The van der Waals surface area contributed by atoms with Crippen LogP contribution in [0, 0.1) is 11.8 Å². The molecule has 0 spiro atoms. The van der Waals surface area contributed by atoms with Crippen molar-refractivity contribution in [2.24, 2.45) is 0 Å². The van der Waals surface area contributed by atoms with Gasteiger partial charge in [0, 0.05) is 0 Å². The van der Waals surface area contributed by atoms with Crippen LogP contribution < -0.4 is 0 Å². The highest BCUT2D eigenvalue weighted by molar-refractivity contribution is 4.97. The molecule has 0 bridgehead atoms. The molecule has 3 nitrogen and oxygen atoms in total. The van der Waals surface area contributed by atoms with Crippen LogP contribution in [0.1, 0.15) is 13.8 Å². The minimum atomic E-state index is -1.12. The van der Waals surface area contributed by atoms with E-state index < -0.39 is 6.29 Å². The first-order valence-corrected chi connectivity index (χ1v) is 2.70. The third kappa shape index (κ3) is 5.31. The Hall–Kier alpha value is -0.560. The molecule has 0 amide bonds. The van der Waals surface area contributed by atoms with Gasteiger partial charge in [-0.2, -0.15) is 4.89 Å². The van der Waals surface area contributed by atoms with E-state index in [1.807, 2.05) is 0 Å². The summed E-state index contributed by atoms with van der Waals surface area (Å²) in [6.07, 6.45) is -1.12. The van der Waals surface area contributed by atoms with Crippen LogP contribution in [0.5, 0.6) is 0 Å². The predicted octanol–water partition coefficient (Wildman–Crippen LogP) is 0.296. The van der Waals surface area contributed by atoms with Gasteiger partial charge >= 0.3 is 0 Å². The van der Waals surface area contributed by atoms with Gasteiger partial charge in [-0.3, -0.25) is 0 Å². The van der Waals surface area contributed by atoms with E-state index in [0.29, 0.717) is 6.61 Å². The molecule has 0 heterocycles. The molecule has 0 aliphatic heterocycles. The van der Waals surface area contributed by atoms with Crippen molar-refractivity contribution in [1.82, 2.24) is 0 Å². The predicted molar refractivity (Wildman–Crippen MR) is 32.2 cm³/mol. The van der Waals surface area contributed by atoms with Crippen LogP contribution in [0.15, 0.2) is 0 Å². The largest absolute Gasteiger partial charge is 0.356 e. The summed E-state index contributed by atoms with van der Waals surface area (Å²) in [4.78, 5) is 8.71. The quantitative estimate of drug-likeness (QED) is 0.258. The van der Waals surface area contributed by atoms with Crippen LogP contribution in [-0.4, -0.2) is 18.0 Å². The summed E-state index contributed by atoms with van der Waals surface area (Å²) in [7, 11) is 0. The second-order valence-electron chi connectivity index (χ2n) is 1.25. The summed E-state index contributed by atoms with van der Waals surface area (Å²) in [5.41, 5.74) is 0. The Kier molecular flexibility index (Phi) is 5.23. The zero-order valence-electron chi connectivity index (χ0n) is 5.55. The second kappa shape index (κ2) is 5.57. The molecule has 1 atom stereocenters. The molecule has 0 rings (SSSR count). The van der Waals surface area contributed by atoms with E-state index in [9.17, 15) is 0 Å². The zero-order chi connectivity index (χ0) is 7.11. The highest BCUT2D eigenvalue weighted by Gasteiger charge is 1.95. The molecule has 52 valence electrons. The molecule has 1 unspecified atom stereocenters. The van der Waals surface area contributed by atoms with E-state index in [0.717, 1.165) is 0 Å². The molecule has 1 N–H and O–H groups in total. The van der Waals surface area contributed by atoms with Crippen LogP contribution >= 0.6 is 0 Å². The van der Waals surface area contributed by atoms with Crippen LogP contribution in [0.4, 0.5) is 0 Å². The van der Waals surface area contributed by atoms with Gasteiger partial charge in [-0.15, -0.1) is 5.92 Å². The van der Waals surface area contributed by atoms with Crippen LogP contribution in [0.2, 0.25) is 0 Å². The first kappa shape index (κ1) is 8.44. The molecular formula is C6H10O3. The Morgan fingerprint density at radius 1 is 1.67 bits per heavy atom. The van der Waals surface area contributed by atoms with Crippen molar-refractivity contribution in [3.8, 4) is 11.8 Å². The first-order valence-electron chi connectivity index (χ1n) is 2.70. The van der Waals surface area contributed by atoms with Gasteiger partial charge in [0.05, 0.1) is 6.61 Å².